The van der Waals surface area contributed by atoms with Crippen LogP contribution in [0.5, 0.6) is 0 Å². The SMILES string of the molecule is CPN1C(=O)c2c(sc(-c3nc(Cl)ncc3F)c2C)C12CC2. The van der Waals surface area contributed by atoms with Crippen LogP contribution in [-0.2, 0) is 5.54 Å². The Morgan fingerprint density at radius 3 is 2.86 bits per heavy atom. The number of halogens is 2. The Morgan fingerprint density at radius 2 is 2.23 bits per heavy atom. The van der Waals surface area contributed by atoms with Crippen LogP contribution in [0, 0.1) is 12.7 Å². The molecule has 2 aliphatic rings. The van der Waals surface area contributed by atoms with Crippen molar-refractivity contribution in [1.82, 2.24) is 14.6 Å². The fourth-order valence-electron chi connectivity index (χ4n) is 3.12. The third kappa shape index (κ3) is 1.75. The second-order valence-electron chi connectivity index (χ2n) is 5.49. The van der Waals surface area contributed by atoms with E-state index in [0.717, 1.165) is 35.0 Å². The quantitative estimate of drug-likeness (QED) is 0.605. The molecule has 1 amide bonds. The number of rotatable bonds is 2. The maximum absolute atomic E-state index is 14.1. The van der Waals surface area contributed by atoms with Gasteiger partial charge in [0.15, 0.2) is 5.82 Å². The van der Waals surface area contributed by atoms with E-state index in [1.807, 2.05) is 18.3 Å². The van der Waals surface area contributed by atoms with Gasteiger partial charge in [-0.25, -0.2) is 14.4 Å². The second kappa shape index (κ2) is 4.70. The van der Waals surface area contributed by atoms with Crippen LogP contribution in [0.1, 0.15) is 33.6 Å². The normalized spacial score (nSPS) is 18.7. The van der Waals surface area contributed by atoms with Gasteiger partial charge in [0.05, 0.1) is 22.2 Å². The summed E-state index contributed by atoms with van der Waals surface area (Å²) < 4.78 is 16.0. The number of amides is 1. The van der Waals surface area contributed by atoms with E-state index < -0.39 is 5.82 Å². The summed E-state index contributed by atoms with van der Waals surface area (Å²) >= 11 is 7.27. The zero-order valence-electron chi connectivity index (χ0n) is 11.9. The molecule has 4 nitrogen and oxygen atoms in total. The first-order valence-electron chi connectivity index (χ1n) is 6.84. The number of fused-ring (bicyclic) bond motifs is 2. The first kappa shape index (κ1) is 14.5. The number of hydrogen-bond acceptors (Lipinski definition) is 4. The minimum Gasteiger partial charge on any atom is -0.310 e. The van der Waals surface area contributed by atoms with Crippen molar-refractivity contribution in [3.63, 3.8) is 0 Å². The van der Waals surface area contributed by atoms with Gasteiger partial charge in [-0.3, -0.25) is 4.79 Å². The Labute approximate surface area is 137 Å². The van der Waals surface area contributed by atoms with Gasteiger partial charge in [-0.2, -0.15) is 0 Å². The van der Waals surface area contributed by atoms with Crippen LogP contribution < -0.4 is 0 Å². The maximum Gasteiger partial charge on any atom is 0.259 e. The van der Waals surface area contributed by atoms with Gasteiger partial charge in [-0.15, -0.1) is 11.3 Å². The Balaban J connectivity index is 1.92. The predicted molar refractivity (Wildman–Crippen MR) is 86.4 cm³/mol. The molecule has 1 saturated carbocycles. The molecule has 1 fully saturated rings. The lowest BCUT2D eigenvalue weighted by Gasteiger charge is -2.22. The van der Waals surface area contributed by atoms with Crippen LogP contribution in [0.25, 0.3) is 10.6 Å². The molecule has 1 aliphatic carbocycles. The zero-order chi connectivity index (χ0) is 15.6. The summed E-state index contributed by atoms with van der Waals surface area (Å²) in [6, 6.07) is 0. The molecular weight excluding hydrogens is 344 g/mol. The van der Waals surface area contributed by atoms with Crippen LogP contribution in [0.4, 0.5) is 4.39 Å². The number of carbonyl (C=O) groups excluding carboxylic acids is 1. The molecule has 0 radical (unpaired) electrons. The highest BCUT2D eigenvalue weighted by Crippen LogP contribution is 2.63. The van der Waals surface area contributed by atoms with Gasteiger partial charge in [0.25, 0.3) is 5.91 Å². The summed E-state index contributed by atoms with van der Waals surface area (Å²) in [5.41, 5.74) is 1.58. The third-order valence-corrected chi connectivity index (χ3v) is 7.04. The number of aromatic nitrogens is 2. The predicted octanol–water partition coefficient (Wildman–Crippen LogP) is 3.97. The Hall–Kier alpha value is -1.10. The minimum absolute atomic E-state index is 0.00786. The molecule has 1 atom stereocenters. The van der Waals surface area contributed by atoms with Crippen molar-refractivity contribution < 1.29 is 9.18 Å². The van der Waals surface area contributed by atoms with Crippen molar-refractivity contribution in [2.24, 2.45) is 0 Å². The molecule has 2 aromatic rings. The van der Waals surface area contributed by atoms with E-state index in [1.54, 1.807) is 0 Å². The fraction of sp³-hybridized carbons (Fsp3) is 0.357. The van der Waals surface area contributed by atoms with Crippen molar-refractivity contribution in [2.75, 3.05) is 6.66 Å². The average molecular weight is 356 g/mol. The molecule has 22 heavy (non-hydrogen) atoms. The summed E-state index contributed by atoms with van der Waals surface area (Å²) in [6.07, 6.45) is 3.04. The lowest BCUT2D eigenvalue weighted by atomic mass is 10.1. The van der Waals surface area contributed by atoms with Gasteiger partial charge >= 0.3 is 0 Å². The highest BCUT2D eigenvalue weighted by atomic mass is 35.5. The highest BCUT2D eigenvalue weighted by molar-refractivity contribution is 7.35. The molecule has 8 heteroatoms. The number of hydrogen-bond donors (Lipinski definition) is 0. The summed E-state index contributed by atoms with van der Waals surface area (Å²) in [5, 5.41) is 0.00786. The van der Waals surface area contributed by atoms with E-state index in [9.17, 15) is 9.18 Å². The summed E-state index contributed by atoms with van der Waals surface area (Å²) in [4.78, 5) is 22.1. The van der Waals surface area contributed by atoms with E-state index in [0.29, 0.717) is 13.6 Å². The van der Waals surface area contributed by atoms with Crippen molar-refractivity contribution in [3.05, 3.63) is 33.3 Å². The average Bonchev–Trinajstić information content (AvgIpc) is 3.14. The summed E-state index contributed by atoms with van der Waals surface area (Å²) in [5.74, 6) is -0.451. The largest absolute Gasteiger partial charge is 0.310 e. The number of thiophene rings is 1. The van der Waals surface area contributed by atoms with Gasteiger partial charge in [0.2, 0.25) is 5.28 Å². The lowest BCUT2D eigenvalue weighted by Crippen LogP contribution is -2.25. The Kier molecular flexibility index (Phi) is 3.09. The Bertz CT molecular complexity index is 821. The van der Waals surface area contributed by atoms with Gasteiger partial charge in [-0.1, -0.05) is 0 Å². The molecule has 1 unspecified atom stereocenters. The standard InChI is InChI=1S/C14H12ClFN3OPS/c1-6-8-11(14(3-4-14)19(21-2)12(8)20)22-10(6)9-7(16)5-17-13(15)18-9/h5,21H,3-4H2,1-2H3. The van der Waals surface area contributed by atoms with E-state index in [-0.39, 0.29) is 22.4 Å². The van der Waals surface area contributed by atoms with Gasteiger partial charge in [-0.05, 0) is 52.3 Å². The smallest absolute Gasteiger partial charge is 0.259 e. The first-order valence-corrected chi connectivity index (χ1v) is 9.48. The summed E-state index contributed by atoms with van der Waals surface area (Å²) in [7, 11) is 0.444. The summed E-state index contributed by atoms with van der Waals surface area (Å²) in [6.45, 7) is 3.88. The molecule has 0 saturated heterocycles. The lowest BCUT2D eigenvalue weighted by molar-refractivity contribution is 0.0851. The number of nitrogens with zero attached hydrogens (tertiary/aromatic N) is 3. The van der Waals surface area contributed by atoms with E-state index in [4.69, 9.17) is 11.6 Å². The van der Waals surface area contributed by atoms with Crippen molar-refractivity contribution in [3.8, 4) is 10.6 Å². The minimum atomic E-state index is -0.515. The molecule has 2 aromatic heterocycles. The van der Waals surface area contributed by atoms with Crippen LogP contribution in [-0.4, -0.2) is 27.2 Å². The molecule has 3 heterocycles. The first-order chi connectivity index (χ1) is 10.5. The topological polar surface area (TPSA) is 46.1 Å². The molecule has 0 N–H and O–H groups in total. The fourth-order valence-corrected chi connectivity index (χ4v) is 5.94. The molecule has 114 valence electrons. The van der Waals surface area contributed by atoms with Crippen molar-refractivity contribution in [2.45, 2.75) is 25.3 Å². The third-order valence-electron chi connectivity index (χ3n) is 4.29. The van der Waals surface area contributed by atoms with Crippen LogP contribution in [0.3, 0.4) is 0 Å². The van der Waals surface area contributed by atoms with E-state index in [1.165, 1.54) is 11.3 Å². The molecule has 0 bridgehead atoms. The highest BCUT2D eigenvalue weighted by Gasteiger charge is 2.59. The van der Waals surface area contributed by atoms with Crippen molar-refractivity contribution >= 4 is 37.6 Å². The van der Waals surface area contributed by atoms with Gasteiger partial charge < -0.3 is 4.67 Å². The van der Waals surface area contributed by atoms with Gasteiger partial charge in [0, 0.05) is 4.88 Å². The second-order valence-corrected chi connectivity index (χ2v) is 7.74. The molecule has 0 aromatic carbocycles. The van der Waals surface area contributed by atoms with Crippen LogP contribution in [0.15, 0.2) is 6.20 Å². The van der Waals surface area contributed by atoms with Crippen LogP contribution >= 0.6 is 31.7 Å². The molecule has 1 spiro atoms. The molecule has 4 rings (SSSR count). The number of carbonyl (C=O) groups is 1. The van der Waals surface area contributed by atoms with E-state index in [2.05, 4.69) is 9.97 Å². The molecule has 1 aliphatic heterocycles. The van der Waals surface area contributed by atoms with E-state index >= 15 is 0 Å². The Morgan fingerprint density at radius 1 is 1.50 bits per heavy atom. The van der Waals surface area contributed by atoms with Gasteiger partial charge in [0.1, 0.15) is 5.69 Å². The van der Waals surface area contributed by atoms with Crippen molar-refractivity contribution in [1.29, 1.82) is 0 Å². The maximum atomic E-state index is 14.1. The zero-order valence-corrected chi connectivity index (χ0v) is 14.5. The molecular formula is C14H12ClFN3OPS. The monoisotopic (exact) mass is 355 g/mol. The van der Waals surface area contributed by atoms with Crippen LogP contribution in [0.2, 0.25) is 5.28 Å².